The van der Waals surface area contributed by atoms with Crippen molar-refractivity contribution in [1.82, 2.24) is 20.4 Å². The highest BCUT2D eigenvalue weighted by Gasteiger charge is 2.22. The van der Waals surface area contributed by atoms with Gasteiger partial charge in [0.2, 0.25) is 0 Å². The fraction of sp³-hybridized carbons (Fsp3) is 0.133. The van der Waals surface area contributed by atoms with Gasteiger partial charge in [0.15, 0.2) is 11.6 Å². The van der Waals surface area contributed by atoms with Gasteiger partial charge in [-0.3, -0.25) is 9.82 Å². The van der Waals surface area contributed by atoms with E-state index in [0.29, 0.717) is 22.9 Å². The Morgan fingerprint density at radius 1 is 1.12 bits per heavy atom. The third-order valence-corrected chi connectivity index (χ3v) is 5.33. The van der Waals surface area contributed by atoms with Crippen LogP contribution in [-0.4, -0.2) is 28.8 Å². The summed E-state index contributed by atoms with van der Waals surface area (Å²) in [6, 6.07) is 7.08. The lowest BCUT2D eigenvalue weighted by atomic mass is 10.3. The number of H-pyrrole nitrogens is 1. The van der Waals surface area contributed by atoms with E-state index >= 15 is 0 Å². The topological polar surface area (TPSA) is 113 Å². The van der Waals surface area contributed by atoms with Gasteiger partial charge in [-0.25, -0.2) is 12.8 Å². The Kier molecular flexibility index (Phi) is 4.79. The number of anilines is 3. The Morgan fingerprint density at radius 2 is 1.81 bits per heavy atom. The quantitative estimate of drug-likeness (QED) is 0.610. The standard InChI is InChI=1S/C15H14ClFN6O2S/c1-8-15(9(2)20-19-8)26(24,25)23-14-6-5-13(21-22-14)18-10-3-4-12(17)11(16)7-10/h3-7H,1-2H3,(H,18,21)(H,19,20)(H,22,23). The van der Waals surface area contributed by atoms with E-state index in [9.17, 15) is 12.8 Å². The SMILES string of the molecule is Cc1n[nH]c(C)c1S(=O)(=O)Nc1ccc(Nc2ccc(F)c(Cl)c2)nn1. The molecule has 11 heteroatoms. The largest absolute Gasteiger partial charge is 0.339 e. The van der Waals surface area contributed by atoms with Crippen molar-refractivity contribution in [3.05, 3.63) is 52.6 Å². The zero-order chi connectivity index (χ0) is 18.9. The minimum Gasteiger partial charge on any atom is -0.339 e. The van der Waals surface area contributed by atoms with E-state index in [2.05, 4.69) is 30.4 Å². The molecule has 136 valence electrons. The highest BCUT2D eigenvalue weighted by atomic mass is 35.5. The minimum atomic E-state index is -3.84. The van der Waals surface area contributed by atoms with E-state index in [4.69, 9.17) is 11.6 Å². The molecular formula is C15H14ClFN6O2S. The molecule has 0 bridgehead atoms. The normalized spacial score (nSPS) is 11.4. The van der Waals surface area contributed by atoms with Crippen molar-refractivity contribution in [3.63, 3.8) is 0 Å². The summed E-state index contributed by atoms with van der Waals surface area (Å²) < 4.78 is 40.4. The molecule has 0 aliphatic heterocycles. The monoisotopic (exact) mass is 396 g/mol. The Labute approximate surface area is 153 Å². The second-order valence-corrected chi connectivity index (χ2v) is 7.45. The maximum absolute atomic E-state index is 13.2. The Morgan fingerprint density at radius 3 is 2.38 bits per heavy atom. The number of sulfonamides is 1. The zero-order valence-corrected chi connectivity index (χ0v) is 15.3. The Balaban J connectivity index is 1.76. The molecule has 0 saturated heterocycles. The Bertz CT molecular complexity index is 1030. The fourth-order valence-corrected chi connectivity index (χ4v) is 3.85. The summed E-state index contributed by atoms with van der Waals surface area (Å²) in [5.74, 6) is -0.142. The van der Waals surface area contributed by atoms with Crippen LogP contribution in [0.25, 0.3) is 0 Å². The van der Waals surface area contributed by atoms with Crippen molar-refractivity contribution in [2.75, 3.05) is 10.0 Å². The highest BCUT2D eigenvalue weighted by molar-refractivity contribution is 7.92. The summed E-state index contributed by atoms with van der Waals surface area (Å²) in [6.45, 7) is 3.20. The molecular weight excluding hydrogens is 383 g/mol. The number of aryl methyl sites for hydroxylation is 2. The van der Waals surface area contributed by atoms with Crippen LogP contribution in [-0.2, 0) is 10.0 Å². The van der Waals surface area contributed by atoms with Crippen molar-refractivity contribution >= 4 is 38.9 Å². The van der Waals surface area contributed by atoms with Crippen LogP contribution in [0.3, 0.4) is 0 Å². The van der Waals surface area contributed by atoms with Crippen LogP contribution in [0.5, 0.6) is 0 Å². The third-order valence-electron chi connectivity index (χ3n) is 3.42. The maximum Gasteiger partial charge on any atom is 0.266 e. The van der Waals surface area contributed by atoms with Gasteiger partial charge >= 0.3 is 0 Å². The van der Waals surface area contributed by atoms with Crippen molar-refractivity contribution < 1.29 is 12.8 Å². The van der Waals surface area contributed by atoms with Gasteiger partial charge in [0.05, 0.1) is 16.4 Å². The van der Waals surface area contributed by atoms with Gasteiger partial charge in [-0.05, 0) is 44.2 Å². The molecule has 0 radical (unpaired) electrons. The molecule has 3 N–H and O–H groups in total. The van der Waals surface area contributed by atoms with Crippen LogP contribution >= 0.6 is 11.6 Å². The number of nitrogens with one attached hydrogen (secondary N) is 3. The van der Waals surface area contributed by atoms with Crippen LogP contribution < -0.4 is 10.0 Å². The van der Waals surface area contributed by atoms with Crippen LogP contribution in [0.15, 0.2) is 35.2 Å². The average molecular weight is 397 g/mol. The zero-order valence-electron chi connectivity index (χ0n) is 13.7. The number of benzene rings is 1. The van der Waals surface area contributed by atoms with E-state index < -0.39 is 15.8 Å². The maximum atomic E-state index is 13.2. The molecule has 3 rings (SSSR count). The van der Waals surface area contributed by atoms with Crippen LogP contribution in [0.1, 0.15) is 11.4 Å². The van der Waals surface area contributed by atoms with Crippen molar-refractivity contribution in [2.24, 2.45) is 0 Å². The molecule has 0 atom stereocenters. The number of hydrogen-bond donors (Lipinski definition) is 3. The summed E-state index contributed by atoms with van der Waals surface area (Å²) in [7, 11) is -3.84. The number of aromatic nitrogens is 4. The lowest BCUT2D eigenvalue weighted by Crippen LogP contribution is -2.16. The average Bonchev–Trinajstić information content (AvgIpc) is 2.92. The van der Waals surface area contributed by atoms with Gasteiger partial charge in [-0.2, -0.15) is 5.10 Å². The van der Waals surface area contributed by atoms with Gasteiger partial charge in [0.25, 0.3) is 10.0 Å². The van der Waals surface area contributed by atoms with Crippen molar-refractivity contribution in [2.45, 2.75) is 18.7 Å². The number of hydrogen-bond acceptors (Lipinski definition) is 6. The van der Waals surface area contributed by atoms with E-state index in [1.54, 1.807) is 13.8 Å². The second kappa shape index (κ2) is 6.89. The predicted octanol–water partition coefficient (Wildman–Crippen LogP) is 3.15. The minimum absolute atomic E-state index is 0.0295. The molecule has 0 saturated carbocycles. The predicted molar refractivity (Wildman–Crippen MR) is 95.6 cm³/mol. The summed E-state index contributed by atoms with van der Waals surface area (Å²) in [5.41, 5.74) is 1.30. The summed E-state index contributed by atoms with van der Waals surface area (Å²) in [5, 5.41) is 17.1. The first kappa shape index (κ1) is 18.1. The first-order valence-electron chi connectivity index (χ1n) is 7.36. The first-order chi connectivity index (χ1) is 12.3. The number of aromatic amines is 1. The molecule has 0 aliphatic carbocycles. The smallest absolute Gasteiger partial charge is 0.266 e. The summed E-state index contributed by atoms with van der Waals surface area (Å²) >= 11 is 5.72. The van der Waals surface area contributed by atoms with Gasteiger partial charge in [0, 0.05) is 5.69 Å². The molecule has 0 aliphatic rings. The van der Waals surface area contributed by atoms with Crippen LogP contribution in [0.4, 0.5) is 21.7 Å². The molecule has 26 heavy (non-hydrogen) atoms. The number of nitrogens with zero attached hydrogens (tertiary/aromatic N) is 3. The summed E-state index contributed by atoms with van der Waals surface area (Å²) in [4.78, 5) is 0.0717. The molecule has 1 aromatic carbocycles. The highest BCUT2D eigenvalue weighted by Crippen LogP contribution is 2.23. The molecule has 0 amide bonds. The van der Waals surface area contributed by atoms with Crippen molar-refractivity contribution in [3.8, 4) is 0 Å². The number of halogens is 2. The number of rotatable bonds is 5. The van der Waals surface area contributed by atoms with Gasteiger partial charge < -0.3 is 5.32 Å². The fourth-order valence-electron chi connectivity index (χ4n) is 2.30. The molecule has 8 nitrogen and oxygen atoms in total. The van der Waals surface area contributed by atoms with Crippen LogP contribution in [0, 0.1) is 19.7 Å². The molecule has 2 heterocycles. The lowest BCUT2D eigenvalue weighted by Gasteiger charge is -2.09. The van der Waals surface area contributed by atoms with E-state index in [1.807, 2.05) is 0 Å². The Hall–Kier alpha value is -2.72. The van der Waals surface area contributed by atoms with E-state index in [1.165, 1.54) is 30.3 Å². The van der Waals surface area contributed by atoms with E-state index in [-0.39, 0.29) is 15.7 Å². The summed E-state index contributed by atoms with van der Waals surface area (Å²) in [6.07, 6.45) is 0. The second-order valence-electron chi connectivity index (χ2n) is 5.43. The molecule has 2 aromatic heterocycles. The van der Waals surface area contributed by atoms with Crippen molar-refractivity contribution in [1.29, 1.82) is 0 Å². The van der Waals surface area contributed by atoms with Gasteiger partial charge in [-0.1, -0.05) is 11.6 Å². The van der Waals surface area contributed by atoms with Crippen LogP contribution in [0.2, 0.25) is 5.02 Å². The molecule has 3 aromatic rings. The first-order valence-corrected chi connectivity index (χ1v) is 9.22. The van der Waals surface area contributed by atoms with Gasteiger partial charge in [-0.15, -0.1) is 10.2 Å². The van der Waals surface area contributed by atoms with Gasteiger partial charge in [0.1, 0.15) is 10.7 Å². The molecule has 0 spiro atoms. The third kappa shape index (κ3) is 3.75. The molecule has 0 fully saturated rings. The lowest BCUT2D eigenvalue weighted by molar-refractivity contribution is 0.600. The molecule has 0 unspecified atom stereocenters. The van der Waals surface area contributed by atoms with E-state index in [0.717, 1.165) is 0 Å².